The van der Waals surface area contributed by atoms with E-state index in [1.54, 1.807) is 12.1 Å². The van der Waals surface area contributed by atoms with Gasteiger partial charge >= 0.3 is 0 Å². The van der Waals surface area contributed by atoms with Crippen molar-refractivity contribution in [2.75, 3.05) is 18.5 Å². The molecule has 0 saturated carbocycles. The predicted octanol–water partition coefficient (Wildman–Crippen LogP) is 4.18. The molecule has 0 aliphatic heterocycles. The molecule has 5 nitrogen and oxygen atoms in total. The molecular formula is C22H28N2O3. The van der Waals surface area contributed by atoms with Crippen molar-refractivity contribution in [2.45, 2.75) is 33.2 Å². The van der Waals surface area contributed by atoms with Crippen molar-refractivity contribution in [1.29, 1.82) is 0 Å². The maximum atomic E-state index is 12.3. The van der Waals surface area contributed by atoms with Crippen molar-refractivity contribution in [1.82, 2.24) is 5.32 Å². The molecule has 2 rings (SSSR count). The van der Waals surface area contributed by atoms with Gasteiger partial charge < -0.3 is 15.4 Å². The van der Waals surface area contributed by atoms with Crippen LogP contribution in [0.4, 0.5) is 5.69 Å². The summed E-state index contributed by atoms with van der Waals surface area (Å²) in [5.74, 6) is 0.248. The lowest BCUT2D eigenvalue weighted by Crippen LogP contribution is -2.27. The summed E-state index contributed by atoms with van der Waals surface area (Å²) >= 11 is 0. The molecule has 0 aromatic heterocycles. The normalized spacial score (nSPS) is 11.9. The first kappa shape index (κ1) is 20.6. The van der Waals surface area contributed by atoms with Gasteiger partial charge in [0.05, 0.1) is 12.6 Å². The number of carbonyl (C=O) groups is 2. The van der Waals surface area contributed by atoms with E-state index >= 15 is 0 Å². The van der Waals surface area contributed by atoms with E-state index in [-0.39, 0.29) is 17.9 Å². The highest BCUT2D eigenvalue weighted by molar-refractivity contribution is 6.04. The van der Waals surface area contributed by atoms with Crippen LogP contribution in [-0.4, -0.2) is 25.0 Å². The van der Waals surface area contributed by atoms with Gasteiger partial charge in [-0.3, -0.25) is 9.59 Å². The molecule has 0 heterocycles. The zero-order chi connectivity index (χ0) is 19.6. The SMILES string of the molecule is CC(C)COCCC(=O)NC(C)c1cccc(NC(=O)c2ccccc2)c1. The summed E-state index contributed by atoms with van der Waals surface area (Å²) in [5, 5.41) is 5.85. The van der Waals surface area contributed by atoms with Crippen molar-refractivity contribution in [2.24, 2.45) is 5.92 Å². The van der Waals surface area contributed by atoms with Gasteiger partial charge in [0.25, 0.3) is 5.91 Å². The second kappa shape index (κ2) is 10.5. The van der Waals surface area contributed by atoms with Crippen LogP contribution < -0.4 is 10.6 Å². The molecule has 0 aliphatic carbocycles. The molecule has 5 heteroatoms. The van der Waals surface area contributed by atoms with Crippen molar-refractivity contribution in [3.63, 3.8) is 0 Å². The molecule has 144 valence electrons. The van der Waals surface area contributed by atoms with E-state index < -0.39 is 0 Å². The third-order valence-corrected chi connectivity index (χ3v) is 3.98. The van der Waals surface area contributed by atoms with E-state index in [4.69, 9.17) is 4.74 Å². The fourth-order valence-corrected chi connectivity index (χ4v) is 2.56. The summed E-state index contributed by atoms with van der Waals surface area (Å²) in [6.07, 6.45) is 0.335. The van der Waals surface area contributed by atoms with Crippen molar-refractivity contribution in [3.8, 4) is 0 Å². The summed E-state index contributed by atoms with van der Waals surface area (Å²) in [6.45, 7) is 7.15. The van der Waals surface area contributed by atoms with Crippen molar-refractivity contribution >= 4 is 17.5 Å². The standard InChI is InChI=1S/C22H28N2O3/c1-16(2)15-27-13-12-21(25)23-17(3)19-10-7-11-20(14-19)24-22(26)18-8-5-4-6-9-18/h4-11,14,16-17H,12-13,15H2,1-3H3,(H,23,25)(H,24,26). The summed E-state index contributed by atoms with van der Waals surface area (Å²) in [4.78, 5) is 24.3. The molecule has 0 bridgehead atoms. The molecule has 0 fully saturated rings. The monoisotopic (exact) mass is 368 g/mol. The number of amides is 2. The summed E-state index contributed by atoms with van der Waals surface area (Å²) in [5.41, 5.74) is 2.23. The molecule has 1 unspecified atom stereocenters. The Bertz CT molecular complexity index is 744. The fraction of sp³-hybridized carbons (Fsp3) is 0.364. The summed E-state index contributed by atoms with van der Waals surface area (Å²) in [6, 6.07) is 16.4. The third kappa shape index (κ3) is 7.23. The zero-order valence-electron chi connectivity index (χ0n) is 16.2. The van der Waals surface area contributed by atoms with Crippen molar-refractivity contribution in [3.05, 3.63) is 65.7 Å². The Balaban J connectivity index is 1.88. The van der Waals surface area contributed by atoms with E-state index in [0.29, 0.717) is 36.8 Å². The fourth-order valence-electron chi connectivity index (χ4n) is 2.56. The number of hydrogen-bond donors (Lipinski definition) is 2. The molecule has 27 heavy (non-hydrogen) atoms. The van der Waals surface area contributed by atoms with Crippen LogP contribution in [0.2, 0.25) is 0 Å². The Morgan fingerprint density at radius 2 is 1.74 bits per heavy atom. The van der Waals surface area contributed by atoms with Crippen LogP contribution in [-0.2, 0) is 9.53 Å². The maximum Gasteiger partial charge on any atom is 0.255 e. The largest absolute Gasteiger partial charge is 0.381 e. The van der Waals surface area contributed by atoms with Crippen molar-refractivity contribution < 1.29 is 14.3 Å². The number of rotatable bonds is 9. The lowest BCUT2D eigenvalue weighted by Gasteiger charge is -2.16. The number of carbonyl (C=O) groups excluding carboxylic acids is 2. The van der Waals surface area contributed by atoms with E-state index in [0.717, 1.165) is 5.56 Å². The van der Waals surface area contributed by atoms with Crippen LogP contribution in [0, 0.1) is 5.92 Å². The number of hydrogen-bond acceptors (Lipinski definition) is 3. The van der Waals surface area contributed by atoms with Gasteiger partial charge in [0.1, 0.15) is 0 Å². The molecule has 2 aromatic carbocycles. The zero-order valence-corrected chi connectivity index (χ0v) is 16.2. The second-order valence-corrected chi connectivity index (χ2v) is 6.95. The third-order valence-electron chi connectivity index (χ3n) is 3.98. The average Bonchev–Trinajstić information content (AvgIpc) is 2.66. The predicted molar refractivity (Wildman–Crippen MR) is 108 cm³/mol. The molecule has 0 saturated heterocycles. The minimum atomic E-state index is -0.160. The molecule has 0 aliphatic rings. The first-order valence-electron chi connectivity index (χ1n) is 9.29. The van der Waals surface area contributed by atoms with E-state index in [1.165, 1.54) is 0 Å². The van der Waals surface area contributed by atoms with Crippen LogP contribution in [0.3, 0.4) is 0 Å². The van der Waals surface area contributed by atoms with Crippen LogP contribution in [0.5, 0.6) is 0 Å². The van der Waals surface area contributed by atoms with E-state index in [9.17, 15) is 9.59 Å². The first-order chi connectivity index (χ1) is 13.0. The first-order valence-corrected chi connectivity index (χ1v) is 9.29. The smallest absolute Gasteiger partial charge is 0.255 e. The Hall–Kier alpha value is -2.66. The minimum Gasteiger partial charge on any atom is -0.381 e. The topological polar surface area (TPSA) is 67.4 Å². The Morgan fingerprint density at radius 1 is 1.00 bits per heavy atom. The van der Waals surface area contributed by atoms with Gasteiger partial charge in [0.2, 0.25) is 5.91 Å². The molecule has 2 aromatic rings. The van der Waals surface area contributed by atoms with E-state index in [1.807, 2.05) is 49.4 Å². The van der Waals surface area contributed by atoms with Gasteiger partial charge in [0.15, 0.2) is 0 Å². The molecular weight excluding hydrogens is 340 g/mol. The van der Waals surface area contributed by atoms with Gasteiger partial charge in [-0.05, 0) is 42.7 Å². The summed E-state index contributed by atoms with van der Waals surface area (Å²) in [7, 11) is 0. The maximum absolute atomic E-state index is 12.3. The lowest BCUT2D eigenvalue weighted by atomic mass is 10.1. The number of nitrogens with one attached hydrogen (secondary N) is 2. The molecule has 0 spiro atoms. The summed E-state index contributed by atoms with van der Waals surface area (Å²) < 4.78 is 5.45. The highest BCUT2D eigenvalue weighted by Crippen LogP contribution is 2.18. The highest BCUT2D eigenvalue weighted by Gasteiger charge is 2.11. The molecule has 2 amide bonds. The Kier molecular flexibility index (Phi) is 8.01. The van der Waals surface area contributed by atoms with Crippen LogP contribution >= 0.6 is 0 Å². The molecule has 0 radical (unpaired) electrons. The van der Waals surface area contributed by atoms with Crippen LogP contribution in [0.15, 0.2) is 54.6 Å². The minimum absolute atomic E-state index is 0.0509. The van der Waals surface area contributed by atoms with Crippen LogP contribution in [0.1, 0.15) is 49.2 Å². The Morgan fingerprint density at radius 3 is 2.44 bits per heavy atom. The van der Waals surface area contributed by atoms with Gasteiger partial charge in [0, 0.05) is 24.3 Å². The number of ether oxygens (including phenoxy) is 1. The lowest BCUT2D eigenvalue weighted by molar-refractivity contribution is -0.122. The second-order valence-electron chi connectivity index (χ2n) is 6.95. The Labute approximate surface area is 161 Å². The van der Waals surface area contributed by atoms with Gasteiger partial charge in [-0.2, -0.15) is 0 Å². The quantitative estimate of drug-likeness (QED) is 0.653. The number of benzene rings is 2. The van der Waals surface area contributed by atoms with Gasteiger partial charge in [-0.1, -0.05) is 44.2 Å². The van der Waals surface area contributed by atoms with Gasteiger partial charge in [-0.25, -0.2) is 0 Å². The van der Waals surface area contributed by atoms with E-state index in [2.05, 4.69) is 24.5 Å². The average molecular weight is 368 g/mol. The molecule has 2 N–H and O–H groups in total. The number of anilines is 1. The molecule has 1 atom stereocenters. The van der Waals surface area contributed by atoms with Gasteiger partial charge in [-0.15, -0.1) is 0 Å². The highest BCUT2D eigenvalue weighted by atomic mass is 16.5. The van der Waals surface area contributed by atoms with Crippen LogP contribution in [0.25, 0.3) is 0 Å².